The number of para-hydroxylation sites is 3. The van der Waals surface area contributed by atoms with Gasteiger partial charge in [0, 0.05) is 28.5 Å². The topological polar surface area (TPSA) is 50.4 Å². The molecule has 4 nitrogen and oxygen atoms in total. The zero-order chi connectivity index (χ0) is 19.8. The number of ether oxygens (including phenoxy) is 1. The number of methoxy groups -OCH3 is 1. The number of thiophene rings is 1. The lowest BCUT2D eigenvalue weighted by Crippen LogP contribution is -2.33. The van der Waals surface area contributed by atoms with E-state index < -0.39 is 0 Å². The molecule has 3 aromatic rings. The lowest BCUT2D eigenvalue weighted by Gasteiger charge is -2.32. The van der Waals surface area contributed by atoms with Crippen molar-refractivity contribution in [2.24, 2.45) is 5.92 Å². The Morgan fingerprint density at radius 1 is 1.00 bits per heavy atom. The van der Waals surface area contributed by atoms with Crippen LogP contribution in [0.15, 0.2) is 77.8 Å². The molecule has 2 aliphatic rings. The highest BCUT2D eigenvalue weighted by atomic mass is 32.1. The Morgan fingerprint density at radius 3 is 2.59 bits per heavy atom. The molecule has 5 rings (SSSR count). The Bertz CT molecular complexity index is 1070. The summed E-state index contributed by atoms with van der Waals surface area (Å²) in [6, 6.07) is 20.0. The first-order valence-corrected chi connectivity index (χ1v) is 10.7. The van der Waals surface area contributed by atoms with Gasteiger partial charge in [-0.15, -0.1) is 11.3 Å². The second-order valence-electron chi connectivity index (χ2n) is 7.43. The number of rotatable bonds is 3. The molecule has 0 bridgehead atoms. The smallest absolute Gasteiger partial charge is 0.145 e. The second kappa shape index (κ2) is 7.41. The summed E-state index contributed by atoms with van der Waals surface area (Å²) in [4.78, 5) is 14.7. The molecule has 2 heterocycles. The summed E-state index contributed by atoms with van der Waals surface area (Å²) in [5.74, 6) is 0.848. The molecule has 2 aromatic carbocycles. The van der Waals surface area contributed by atoms with Crippen molar-refractivity contribution >= 4 is 28.5 Å². The molecule has 0 amide bonds. The predicted octanol–water partition coefficient (Wildman–Crippen LogP) is 5.59. The molecular weight excluding hydrogens is 380 g/mol. The molecule has 1 aliphatic carbocycles. The molecule has 3 atom stereocenters. The predicted molar refractivity (Wildman–Crippen MR) is 118 cm³/mol. The average Bonchev–Trinajstić information content (AvgIpc) is 3.23. The minimum absolute atomic E-state index is 0.116. The summed E-state index contributed by atoms with van der Waals surface area (Å²) in [5, 5.41) is 9.26. The van der Waals surface area contributed by atoms with Crippen molar-refractivity contribution in [3.8, 4) is 5.75 Å². The fourth-order valence-electron chi connectivity index (χ4n) is 4.37. The maximum atomic E-state index is 13.5. The second-order valence-corrected chi connectivity index (χ2v) is 8.41. The quantitative estimate of drug-likeness (QED) is 0.599. The summed E-state index contributed by atoms with van der Waals surface area (Å²) in [7, 11) is 1.67. The van der Waals surface area contributed by atoms with Gasteiger partial charge in [-0.25, -0.2) is 0 Å². The van der Waals surface area contributed by atoms with Crippen molar-refractivity contribution in [2.75, 3.05) is 17.7 Å². The third-order valence-corrected chi connectivity index (χ3v) is 6.72. The number of benzene rings is 2. The fraction of sp³-hybridized carbons (Fsp3) is 0.208. The third-order valence-electron chi connectivity index (χ3n) is 5.72. The molecule has 0 saturated carbocycles. The van der Waals surface area contributed by atoms with Crippen LogP contribution in [0, 0.1) is 5.92 Å². The van der Waals surface area contributed by atoms with Crippen LogP contribution >= 0.6 is 11.3 Å². The van der Waals surface area contributed by atoms with Crippen LogP contribution in [0.4, 0.5) is 11.4 Å². The first-order valence-electron chi connectivity index (χ1n) is 9.78. The van der Waals surface area contributed by atoms with Crippen molar-refractivity contribution in [3.05, 3.63) is 88.3 Å². The molecule has 146 valence electrons. The van der Waals surface area contributed by atoms with Gasteiger partial charge in [0.2, 0.25) is 0 Å². The van der Waals surface area contributed by atoms with Crippen molar-refractivity contribution in [2.45, 2.75) is 18.4 Å². The van der Waals surface area contributed by atoms with Crippen LogP contribution in [-0.2, 0) is 4.79 Å². The van der Waals surface area contributed by atoms with Gasteiger partial charge in [-0.3, -0.25) is 4.79 Å². The van der Waals surface area contributed by atoms with Gasteiger partial charge in [-0.1, -0.05) is 42.5 Å². The van der Waals surface area contributed by atoms with E-state index in [4.69, 9.17) is 4.74 Å². The van der Waals surface area contributed by atoms with Gasteiger partial charge in [-0.2, -0.15) is 0 Å². The Morgan fingerprint density at radius 2 is 1.79 bits per heavy atom. The number of fused-ring (bicyclic) bond motifs is 2. The van der Waals surface area contributed by atoms with Gasteiger partial charge >= 0.3 is 0 Å². The average molecular weight is 403 g/mol. The number of ketones is 1. The summed E-state index contributed by atoms with van der Waals surface area (Å²) in [5.41, 5.74) is 3.93. The van der Waals surface area contributed by atoms with E-state index in [1.807, 2.05) is 54.6 Å². The number of nitrogens with one attached hydrogen (secondary N) is 2. The van der Waals surface area contributed by atoms with E-state index in [1.165, 1.54) is 4.88 Å². The van der Waals surface area contributed by atoms with E-state index in [0.717, 1.165) is 28.4 Å². The molecule has 1 aromatic heterocycles. The van der Waals surface area contributed by atoms with Crippen LogP contribution in [0.3, 0.4) is 0 Å². The lowest BCUT2D eigenvalue weighted by atomic mass is 9.78. The van der Waals surface area contributed by atoms with Gasteiger partial charge in [0.25, 0.3) is 0 Å². The number of carbonyl (C=O) groups is 1. The minimum Gasteiger partial charge on any atom is -0.496 e. The zero-order valence-electron chi connectivity index (χ0n) is 16.1. The Labute approximate surface area is 174 Å². The highest BCUT2D eigenvalue weighted by Crippen LogP contribution is 2.46. The number of hydrogen-bond acceptors (Lipinski definition) is 5. The summed E-state index contributed by atoms with van der Waals surface area (Å²) in [6.07, 6.45) is 2.75. The molecule has 1 aliphatic heterocycles. The molecule has 0 spiro atoms. The summed E-state index contributed by atoms with van der Waals surface area (Å²) < 4.78 is 5.63. The van der Waals surface area contributed by atoms with Crippen LogP contribution in [0.1, 0.15) is 28.8 Å². The van der Waals surface area contributed by atoms with Gasteiger partial charge in [0.15, 0.2) is 0 Å². The zero-order valence-corrected chi connectivity index (χ0v) is 16.9. The van der Waals surface area contributed by atoms with Crippen LogP contribution in [0.2, 0.25) is 0 Å². The first kappa shape index (κ1) is 18.0. The van der Waals surface area contributed by atoms with Crippen molar-refractivity contribution in [1.82, 2.24) is 0 Å². The molecule has 2 N–H and O–H groups in total. The van der Waals surface area contributed by atoms with Crippen LogP contribution in [0.5, 0.6) is 5.75 Å². The number of carbonyl (C=O) groups excluding carboxylic acids is 1. The van der Waals surface area contributed by atoms with Crippen LogP contribution in [0.25, 0.3) is 0 Å². The Balaban J connectivity index is 1.66. The van der Waals surface area contributed by atoms with Gasteiger partial charge in [0.1, 0.15) is 11.5 Å². The van der Waals surface area contributed by atoms with Crippen molar-refractivity contribution in [3.63, 3.8) is 0 Å². The maximum absolute atomic E-state index is 13.5. The Kier molecular flexibility index (Phi) is 4.60. The first-order chi connectivity index (χ1) is 14.2. The third kappa shape index (κ3) is 3.21. The highest BCUT2D eigenvalue weighted by Gasteiger charge is 2.40. The molecule has 0 saturated heterocycles. The normalized spacial score (nSPS) is 23.0. The van der Waals surface area contributed by atoms with E-state index in [2.05, 4.69) is 28.2 Å². The van der Waals surface area contributed by atoms with Gasteiger partial charge in [-0.05, 0) is 29.6 Å². The molecule has 0 fully saturated rings. The maximum Gasteiger partial charge on any atom is 0.145 e. The van der Waals surface area contributed by atoms with Gasteiger partial charge < -0.3 is 15.4 Å². The van der Waals surface area contributed by atoms with E-state index in [9.17, 15) is 4.79 Å². The number of allylic oxidation sites excluding steroid dienone is 1. The molecule has 29 heavy (non-hydrogen) atoms. The lowest BCUT2D eigenvalue weighted by molar-refractivity contribution is -0.122. The largest absolute Gasteiger partial charge is 0.496 e. The number of anilines is 2. The highest BCUT2D eigenvalue weighted by molar-refractivity contribution is 7.10. The van der Waals surface area contributed by atoms with E-state index in [0.29, 0.717) is 6.42 Å². The summed E-state index contributed by atoms with van der Waals surface area (Å²) in [6.45, 7) is 0. The van der Waals surface area contributed by atoms with Crippen LogP contribution < -0.4 is 15.4 Å². The van der Waals surface area contributed by atoms with Crippen molar-refractivity contribution < 1.29 is 9.53 Å². The molecule has 5 heteroatoms. The van der Waals surface area contributed by atoms with Crippen molar-refractivity contribution in [1.29, 1.82) is 0 Å². The van der Waals surface area contributed by atoms with E-state index in [1.54, 1.807) is 18.4 Å². The molecule has 0 radical (unpaired) electrons. The monoisotopic (exact) mass is 402 g/mol. The van der Waals surface area contributed by atoms with E-state index in [-0.39, 0.29) is 23.7 Å². The SMILES string of the molecule is COc1ccccc1C1Nc2ccccc2NC2=CC(c3cccs3)CC(=O)C21. The number of Topliss-reactive ketones (excluding diaryl/α,β-unsaturated/α-hetero) is 1. The fourth-order valence-corrected chi connectivity index (χ4v) is 5.17. The molecular formula is C24H22N2O2S. The van der Waals surface area contributed by atoms with Crippen LogP contribution in [-0.4, -0.2) is 12.9 Å². The van der Waals surface area contributed by atoms with Gasteiger partial charge in [0.05, 0.1) is 30.4 Å². The standard InChI is InChI=1S/C24H22N2O2S/c1-28-21-10-5-2-7-16(21)24-23-19(25-17-8-3-4-9-18(17)26-24)13-15(14-20(23)27)22-11-6-12-29-22/h2-13,15,23-26H,14H2,1H3. The molecule has 3 unspecified atom stereocenters. The Hall–Kier alpha value is -3.05. The number of hydrogen-bond donors (Lipinski definition) is 2. The minimum atomic E-state index is -0.296. The van der Waals surface area contributed by atoms with E-state index >= 15 is 0 Å². The summed E-state index contributed by atoms with van der Waals surface area (Å²) >= 11 is 1.70.